The molecular weight excluding hydrogens is 362 g/mol. The Labute approximate surface area is 174 Å². The third-order valence-corrected chi connectivity index (χ3v) is 6.52. The SMILES string of the molecule is Cc1ccc([C@H](O)C=C[C@@H]2[C@H]3CC(CCCCC(=O)N(C)C)=C[C@H]3C[C@H]2O)cc1. The summed E-state index contributed by atoms with van der Waals surface area (Å²) >= 11 is 0. The maximum Gasteiger partial charge on any atom is 0.222 e. The van der Waals surface area contributed by atoms with Crippen molar-refractivity contribution in [2.75, 3.05) is 14.1 Å². The van der Waals surface area contributed by atoms with Crippen LogP contribution in [0.1, 0.15) is 55.8 Å². The topological polar surface area (TPSA) is 60.8 Å². The Balaban J connectivity index is 1.50. The van der Waals surface area contributed by atoms with Crippen LogP contribution >= 0.6 is 0 Å². The zero-order valence-electron chi connectivity index (χ0n) is 17.9. The molecule has 2 aliphatic carbocycles. The molecule has 3 rings (SSSR count). The van der Waals surface area contributed by atoms with E-state index in [1.165, 1.54) is 11.1 Å². The van der Waals surface area contributed by atoms with Gasteiger partial charge in [-0.2, -0.15) is 0 Å². The van der Waals surface area contributed by atoms with Crippen LogP contribution in [0.2, 0.25) is 0 Å². The van der Waals surface area contributed by atoms with E-state index in [0.717, 1.165) is 37.7 Å². The highest BCUT2D eigenvalue weighted by atomic mass is 16.3. The summed E-state index contributed by atoms with van der Waals surface area (Å²) in [5.41, 5.74) is 3.53. The fraction of sp³-hybridized carbons (Fsp3) is 0.560. The number of fused-ring (bicyclic) bond motifs is 1. The molecule has 1 aromatic carbocycles. The third kappa shape index (κ3) is 5.58. The molecule has 5 atom stereocenters. The first-order valence-electron chi connectivity index (χ1n) is 10.9. The van der Waals surface area contributed by atoms with E-state index in [2.05, 4.69) is 6.08 Å². The molecular formula is C25H35NO3. The molecule has 0 spiro atoms. The molecule has 0 radical (unpaired) electrons. The van der Waals surface area contributed by atoms with E-state index < -0.39 is 6.10 Å². The summed E-state index contributed by atoms with van der Waals surface area (Å²) in [5, 5.41) is 21.0. The second-order valence-corrected chi connectivity index (χ2v) is 8.97. The van der Waals surface area contributed by atoms with Crippen LogP contribution in [0.15, 0.2) is 48.1 Å². The largest absolute Gasteiger partial charge is 0.392 e. The van der Waals surface area contributed by atoms with Gasteiger partial charge in [-0.05, 0) is 56.4 Å². The lowest BCUT2D eigenvalue weighted by atomic mass is 9.88. The van der Waals surface area contributed by atoms with Gasteiger partial charge in [0.25, 0.3) is 0 Å². The predicted octanol–water partition coefficient (Wildman–Crippen LogP) is 4.18. The fourth-order valence-electron chi connectivity index (χ4n) is 4.75. The van der Waals surface area contributed by atoms with Crippen molar-refractivity contribution >= 4 is 5.91 Å². The molecule has 0 heterocycles. The Morgan fingerprint density at radius 3 is 2.66 bits per heavy atom. The summed E-state index contributed by atoms with van der Waals surface area (Å²) in [6, 6.07) is 7.92. The van der Waals surface area contributed by atoms with Crippen LogP contribution in [0, 0.1) is 24.7 Å². The number of hydrogen-bond acceptors (Lipinski definition) is 3. The maximum atomic E-state index is 11.7. The molecule has 1 fully saturated rings. The van der Waals surface area contributed by atoms with Crippen molar-refractivity contribution in [3.8, 4) is 0 Å². The Morgan fingerprint density at radius 2 is 1.97 bits per heavy atom. The molecule has 0 bridgehead atoms. The molecule has 1 amide bonds. The molecule has 0 aliphatic heterocycles. The van der Waals surface area contributed by atoms with E-state index in [4.69, 9.17) is 0 Å². The Kier molecular flexibility index (Phi) is 7.31. The van der Waals surface area contributed by atoms with Gasteiger partial charge in [-0.1, -0.05) is 53.6 Å². The summed E-state index contributed by atoms with van der Waals surface area (Å²) in [7, 11) is 3.61. The van der Waals surface area contributed by atoms with E-state index in [0.29, 0.717) is 18.3 Å². The smallest absolute Gasteiger partial charge is 0.222 e. The number of benzene rings is 1. The van der Waals surface area contributed by atoms with Gasteiger partial charge in [0.1, 0.15) is 0 Å². The number of carbonyl (C=O) groups excluding carboxylic acids is 1. The third-order valence-electron chi connectivity index (χ3n) is 6.52. The number of amides is 1. The van der Waals surface area contributed by atoms with Crippen molar-refractivity contribution in [2.24, 2.45) is 17.8 Å². The lowest BCUT2D eigenvalue weighted by molar-refractivity contribution is -0.128. The Bertz CT molecular complexity index is 750. The van der Waals surface area contributed by atoms with Gasteiger partial charge in [-0.3, -0.25) is 4.79 Å². The standard InChI is InChI=1S/C25H35NO3/c1-17-8-10-19(11-9-17)23(27)13-12-21-22-15-18(14-20(22)16-24(21)28)6-4-5-7-25(29)26(2)3/h8-14,20-24,27-28H,4-7,15-16H2,1-3H3/t20-,21+,22-,23+,24+/m0/s1. The lowest BCUT2D eigenvalue weighted by Crippen LogP contribution is -2.21. The first kappa shape index (κ1) is 21.8. The van der Waals surface area contributed by atoms with E-state index >= 15 is 0 Å². The number of rotatable bonds is 8. The second kappa shape index (κ2) is 9.73. The molecule has 4 heteroatoms. The van der Waals surface area contributed by atoms with Crippen molar-refractivity contribution in [3.63, 3.8) is 0 Å². The Morgan fingerprint density at radius 1 is 1.24 bits per heavy atom. The maximum absolute atomic E-state index is 11.7. The average Bonchev–Trinajstić information content (AvgIpc) is 3.20. The summed E-state index contributed by atoms with van der Waals surface area (Å²) in [6.45, 7) is 2.03. The number of aliphatic hydroxyl groups excluding tert-OH is 2. The lowest BCUT2D eigenvalue weighted by Gasteiger charge is -2.19. The molecule has 0 unspecified atom stereocenters. The highest BCUT2D eigenvalue weighted by Gasteiger charge is 2.43. The number of hydrogen-bond donors (Lipinski definition) is 2. The van der Waals surface area contributed by atoms with Gasteiger partial charge < -0.3 is 15.1 Å². The summed E-state index contributed by atoms with van der Waals surface area (Å²) in [6.07, 6.45) is 10.7. The van der Waals surface area contributed by atoms with Gasteiger partial charge in [-0.15, -0.1) is 0 Å². The zero-order valence-corrected chi connectivity index (χ0v) is 17.9. The van der Waals surface area contributed by atoms with Crippen LogP contribution in [0.4, 0.5) is 0 Å². The number of nitrogens with zero attached hydrogens (tertiary/aromatic N) is 1. The van der Waals surface area contributed by atoms with Crippen LogP contribution < -0.4 is 0 Å². The number of aryl methyl sites for hydroxylation is 1. The minimum atomic E-state index is -0.634. The van der Waals surface area contributed by atoms with E-state index in [1.807, 2.05) is 43.3 Å². The first-order valence-corrected chi connectivity index (χ1v) is 10.9. The van der Waals surface area contributed by atoms with Crippen LogP contribution in [0.3, 0.4) is 0 Å². The minimum Gasteiger partial charge on any atom is -0.392 e. The first-order chi connectivity index (χ1) is 13.8. The van der Waals surface area contributed by atoms with Gasteiger partial charge in [0, 0.05) is 26.4 Å². The van der Waals surface area contributed by atoms with Gasteiger partial charge in [0.2, 0.25) is 5.91 Å². The molecule has 29 heavy (non-hydrogen) atoms. The summed E-state index contributed by atoms with van der Waals surface area (Å²) < 4.78 is 0. The highest BCUT2D eigenvalue weighted by molar-refractivity contribution is 5.75. The molecule has 0 aromatic heterocycles. The van der Waals surface area contributed by atoms with Crippen LogP contribution in [0.5, 0.6) is 0 Å². The van der Waals surface area contributed by atoms with Crippen molar-refractivity contribution in [2.45, 2.75) is 57.7 Å². The van der Waals surface area contributed by atoms with Gasteiger partial charge in [-0.25, -0.2) is 0 Å². The molecule has 4 nitrogen and oxygen atoms in total. The van der Waals surface area contributed by atoms with Gasteiger partial charge in [0.15, 0.2) is 0 Å². The summed E-state index contributed by atoms with van der Waals surface area (Å²) in [5.74, 6) is 1.17. The molecule has 1 aromatic rings. The number of unbranched alkanes of at least 4 members (excludes halogenated alkanes) is 1. The molecule has 158 valence electrons. The Hall–Kier alpha value is -1.91. The zero-order chi connectivity index (χ0) is 21.0. The highest BCUT2D eigenvalue weighted by Crippen LogP contribution is 2.48. The number of carbonyl (C=O) groups is 1. The summed E-state index contributed by atoms with van der Waals surface area (Å²) in [4.78, 5) is 13.3. The van der Waals surface area contributed by atoms with Crippen LogP contribution in [-0.4, -0.2) is 41.2 Å². The molecule has 1 saturated carbocycles. The molecule has 0 saturated heterocycles. The predicted molar refractivity (Wildman–Crippen MR) is 116 cm³/mol. The average molecular weight is 398 g/mol. The monoisotopic (exact) mass is 397 g/mol. The number of allylic oxidation sites excluding steroid dienone is 2. The van der Waals surface area contributed by atoms with E-state index in [1.54, 1.807) is 19.0 Å². The van der Waals surface area contributed by atoms with Crippen molar-refractivity contribution in [3.05, 3.63) is 59.2 Å². The van der Waals surface area contributed by atoms with Gasteiger partial charge in [0.05, 0.1) is 12.2 Å². The minimum absolute atomic E-state index is 0.101. The normalized spacial score (nSPS) is 27.1. The fourth-order valence-corrected chi connectivity index (χ4v) is 4.75. The van der Waals surface area contributed by atoms with Crippen molar-refractivity contribution in [1.82, 2.24) is 4.90 Å². The van der Waals surface area contributed by atoms with E-state index in [9.17, 15) is 15.0 Å². The van der Waals surface area contributed by atoms with Crippen LogP contribution in [-0.2, 0) is 4.79 Å². The van der Waals surface area contributed by atoms with Crippen molar-refractivity contribution in [1.29, 1.82) is 0 Å². The number of aliphatic hydroxyl groups is 2. The van der Waals surface area contributed by atoms with Crippen molar-refractivity contribution < 1.29 is 15.0 Å². The van der Waals surface area contributed by atoms with Crippen LogP contribution in [0.25, 0.3) is 0 Å². The van der Waals surface area contributed by atoms with E-state index in [-0.39, 0.29) is 17.9 Å². The van der Waals surface area contributed by atoms with Gasteiger partial charge >= 0.3 is 0 Å². The molecule has 2 N–H and O–H groups in total. The molecule has 2 aliphatic rings. The quantitative estimate of drug-likeness (QED) is 0.511. The second-order valence-electron chi connectivity index (χ2n) is 8.97.